The van der Waals surface area contributed by atoms with Gasteiger partial charge in [-0.15, -0.1) is 23.5 Å². The summed E-state index contributed by atoms with van der Waals surface area (Å²) in [7, 11) is 0. The van der Waals surface area contributed by atoms with Crippen LogP contribution >= 0.6 is 23.5 Å². The molecule has 0 N–H and O–H groups in total. The van der Waals surface area contributed by atoms with E-state index in [1.54, 1.807) is 0 Å². The number of fused-ring (bicyclic) bond motifs is 1. The van der Waals surface area contributed by atoms with E-state index in [2.05, 4.69) is 99.8 Å². The fraction of sp³-hybridized carbons (Fsp3) is 0.520. The van der Waals surface area contributed by atoms with Gasteiger partial charge in [-0.05, 0) is 53.0 Å². The van der Waals surface area contributed by atoms with Crippen LogP contribution in [-0.4, -0.2) is 18.1 Å². The molecule has 0 atom stereocenters. The molecule has 0 aromatic heterocycles. The van der Waals surface area contributed by atoms with Gasteiger partial charge in [-0.1, -0.05) is 71.6 Å². The largest absolute Gasteiger partial charge is 0.493 e. The van der Waals surface area contributed by atoms with Crippen molar-refractivity contribution in [3.63, 3.8) is 0 Å². The van der Waals surface area contributed by atoms with E-state index < -0.39 is 0 Å². The maximum absolute atomic E-state index is 5.97. The fourth-order valence-corrected chi connectivity index (χ4v) is 7.37. The lowest BCUT2D eigenvalue weighted by Crippen LogP contribution is -2.29. The normalized spacial score (nSPS) is 24.2. The minimum atomic E-state index is -0.0257. The van der Waals surface area contributed by atoms with E-state index >= 15 is 0 Å². The van der Waals surface area contributed by atoms with Crippen LogP contribution in [0.15, 0.2) is 54.2 Å². The van der Waals surface area contributed by atoms with Crippen LogP contribution in [0.4, 0.5) is 0 Å². The van der Waals surface area contributed by atoms with Gasteiger partial charge in [-0.2, -0.15) is 0 Å². The third-order valence-corrected chi connectivity index (χ3v) is 9.30. The molecule has 2 aliphatic heterocycles. The molecule has 1 nitrogen and oxygen atoms in total. The summed E-state index contributed by atoms with van der Waals surface area (Å²) in [5.74, 6) is 3.49. The molecule has 3 heteroatoms. The maximum atomic E-state index is 5.97. The molecule has 0 amide bonds. The van der Waals surface area contributed by atoms with Crippen LogP contribution in [0.2, 0.25) is 0 Å². The van der Waals surface area contributed by atoms with Crippen molar-refractivity contribution in [1.29, 1.82) is 0 Å². The van der Waals surface area contributed by atoms with Crippen molar-refractivity contribution in [2.45, 2.75) is 57.5 Å². The minimum absolute atomic E-state index is 0. The van der Waals surface area contributed by atoms with E-state index in [0.29, 0.717) is 0 Å². The van der Waals surface area contributed by atoms with Gasteiger partial charge >= 0.3 is 0 Å². The summed E-state index contributed by atoms with van der Waals surface area (Å²) in [5, 5.41) is 0. The second-order valence-corrected chi connectivity index (χ2v) is 11.9. The van der Waals surface area contributed by atoms with E-state index in [9.17, 15) is 0 Å². The minimum Gasteiger partial charge on any atom is -0.493 e. The van der Waals surface area contributed by atoms with Crippen molar-refractivity contribution < 1.29 is 4.74 Å². The maximum Gasteiger partial charge on any atom is 0.123 e. The highest BCUT2D eigenvalue weighted by atomic mass is 32.2. The van der Waals surface area contributed by atoms with Gasteiger partial charge in [0.1, 0.15) is 9.83 Å². The summed E-state index contributed by atoms with van der Waals surface area (Å²) in [6.07, 6.45) is 14.0. The highest BCUT2D eigenvalue weighted by Gasteiger charge is 2.40. The lowest BCUT2D eigenvalue weighted by atomic mass is 9.79. The van der Waals surface area contributed by atoms with Crippen molar-refractivity contribution in [3.8, 4) is 5.75 Å². The molecule has 1 fully saturated rings. The molecule has 0 radical (unpaired) electrons. The SMILES string of the molecule is C.CC1(C)C=CC=C(C2(c3ccc4c(c3)C(C)(C)CCO4)SCCCS2)C=C1. The Balaban J connectivity index is 0.00000225. The Morgan fingerprint density at radius 2 is 1.75 bits per heavy atom. The van der Waals surface area contributed by atoms with E-state index in [1.807, 2.05) is 0 Å². The van der Waals surface area contributed by atoms with E-state index in [-0.39, 0.29) is 22.3 Å². The number of rotatable bonds is 2. The van der Waals surface area contributed by atoms with Crippen molar-refractivity contribution >= 4 is 23.5 Å². The predicted octanol–water partition coefficient (Wildman–Crippen LogP) is 7.48. The van der Waals surface area contributed by atoms with Gasteiger partial charge < -0.3 is 4.74 Å². The number of allylic oxidation sites excluding steroid dienone is 5. The molecular formula is C25H34OS2. The molecule has 0 unspecified atom stereocenters. The summed E-state index contributed by atoms with van der Waals surface area (Å²) in [6.45, 7) is 10.1. The molecule has 4 rings (SSSR count). The Hall–Kier alpha value is -1.06. The molecule has 2 heterocycles. The van der Waals surface area contributed by atoms with E-state index in [1.165, 1.54) is 34.6 Å². The van der Waals surface area contributed by atoms with Gasteiger partial charge in [-0.25, -0.2) is 0 Å². The molecular weight excluding hydrogens is 380 g/mol. The standard InChI is InChI=1S/C24H30OS2.CH4/c1-22(2)11-5-7-18(10-12-22)24(26-15-6-16-27-24)19-8-9-21-20(17-19)23(3,4)13-14-25-21;/h5,7-12,17H,6,13-16H2,1-4H3;1H4. The Morgan fingerprint density at radius 3 is 2.50 bits per heavy atom. The van der Waals surface area contributed by atoms with Crippen molar-refractivity contribution in [2.75, 3.05) is 18.1 Å². The summed E-state index contributed by atoms with van der Waals surface area (Å²) in [4.78, 5) is 0. The first-order valence-corrected chi connectivity index (χ1v) is 11.9. The third kappa shape index (κ3) is 3.98. The summed E-state index contributed by atoms with van der Waals surface area (Å²) >= 11 is 4.20. The van der Waals surface area contributed by atoms with E-state index in [4.69, 9.17) is 4.74 Å². The Kier molecular flexibility index (Phi) is 6.18. The average molecular weight is 415 g/mol. The molecule has 1 aromatic carbocycles. The third-order valence-electron chi connectivity index (χ3n) is 5.85. The first kappa shape index (κ1) is 21.6. The molecule has 3 aliphatic rings. The van der Waals surface area contributed by atoms with Gasteiger partial charge in [0.25, 0.3) is 0 Å². The molecule has 0 saturated carbocycles. The first-order valence-electron chi connectivity index (χ1n) is 9.97. The summed E-state index contributed by atoms with van der Waals surface area (Å²) < 4.78 is 5.95. The zero-order valence-corrected chi connectivity index (χ0v) is 18.5. The molecule has 1 saturated heterocycles. The number of ether oxygens (including phenoxy) is 1. The van der Waals surface area contributed by atoms with Crippen LogP contribution in [0, 0.1) is 5.41 Å². The highest BCUT2D eigenvalue weighted by Crippen LogP contribution is 2.57. The smallest absolute Gasteiger partial charge is 0.123 e. The quantitative estimate of drug-likeness (QED) is 0.496. The monoisotopic (exact) mass is 414 g/mol. The molecule has 1 aliphatic carbocycles. The molecule has 0 spiro atoms. The van der Waals surface area contributed by atoms with Crippen molar-refractivity contribution in [1.82, 2.24) is 0 Å². The molecule has 1 aromatic rings. The Morgan fingerprint density at radius 1 is 1.00 bits per heavy atom. The zero-order chi connectivity index (χ0) is 19.1. The first-order chi connectivity index (χ1) is 12.8. The Bertz CT molecular complexity index is 808. The number of hydrogen-bond acceptors (Lipinski definition) is 3. The second kappa shape index (κ2) is 7.99. The van der Waals surface area contributed by atoms with E-state index in [0.717, 1.165) is 18.8 Å². The van der Waals surface area contributed by atoms with Gasteiger partial charge in [0.2, 0.25) is 0 Å². The van der Waals surface area contributed by atoms with Crippen molar-refractivity contribution in [3.05, 3.63) is 65.3 Å². The molecule has 152 valence electrons. The molecule has 28 heavy (non-hydrogen) atoms. The topological polar surface area (TPSA) is 9.23 Å². The van der Waals surface area contributed by atoms with Crippen LogP contribution in [0.25, 0.3) is 0 Å². The lowest BCUT2D eigenvalue weighted by molar-refractivity contribution is 0.234. The number of hydrogen-bond donors (Lipinski definition) is 0. The lowest BCUT2D eigenvalue weighted by Gasteiger charge is -2.40. The predicted molar refractivity (Wildman–Crippen MR) is 128 cm³/mol. The van der Waals surface area contributed by atoms with Gasteiger partial charge in [0.15, 0.2) is 0 Å². The Labute approximate surface area is 180 Å². The zero-order valence-electron chi connectivity index (χ0n) is 16.9. The van der Waals surface area contributed by atoms with Crippen LogP contribution in [-0.2, 0) is 9.49 Å². The van der Waals surface area contributed by atoms with Gasteiger partial charge in [0, 0.05) is 11.0 Å². The number of benzene rings is 1. The van der Waals surface area contributed by atoms with Crippen LogP contribution < -0.4 is 4.74 Å². The fourth-order valence-electron chi connectivity index (χ4n) is 4.01. The second-order valence-electron chi connectivity index (χ2n) is 9.00. The molecule has 0 bridgehead atoms. The highest BCUT2D eigenvalue weighted by molar-refractivity contribution is 8.18. The average Bonchev–Trinajstić information content (AvgIpc) is 2.83. The van der Waals surface area contributed by atoms with Gasteiger partial charge in [-0.3, -0.25) is 0 Å². The summed E-state index contributed by atoms with van der Waals surface area (Å²) in [6, 6.07) is 6.96. The number of thioether (sulfide) groups is 2. The summed E-state index contributed by atoms with van der Waals surface area (Å²) in [5.41, 5.74) is 4.47. The van der Waals surface area contributed by atoms with Gasteiger partial charge in [0.05, 0.1) is 6.61 Å². The van der Waals surface area contributed by atoms with Crippen LogP contribution in [0.3, 0.4) is 0 Å². The van der Waals surface area contributed by atoms with Crippen LogP contribution in [0.5, 0.6) is 5.75 Å². The van der Waals surface area contributed by atoms with Crippen molar-refractivity contribution in [2.24, 2.45) is 5.41 Å². The van der Waals surface area contributed by atoms with Crippen LogP contribution in [0.1, 0.15) is 59.1 Å².